The predicted molar refractivity (Wildman–Crippen MR) is 89.7 cm³/mol. The van der Waals surface area contributed by atoms with Gasteiger partial charge < -0.3 is 18.8 Å². The molecule has 0 N–H and O–H groups in total. The van der Waals surface area contributed by atoms with E-state index in [1.165, 1.54) is 24.5 Å². The number of ether oxygens (including phenoxy) is 2. The molecule has 0 bridgehead atoms. The third kappa shape index (κ3) is 3.50. The van der Waals surface area contributed by atoms with Crippen molar-refractivity contribution in [1.29, 1.82) is 0 Å². The molecule has 7 heteroatoms. The number of hydrogen-bond donors (Lipinski definition) is 0. The summed E-state index contributed by atoms with van der Waals surface area (Å²) in [5.41, 5.74) is 1.19. The minimum absolute atomic E-state index is 0.208. The second-order valence-corrected chi connectivity index (χ2v) is 6.30. The van der Waals surface area contributed by atoms with E-state index in [1.807, 2.05) is 13.8 Å². The van der Waals surface area contributed by atoms with Crippen LogP contribution in [-0.4, -0.2) is 41.5 Å². The summed E-state index contributed by atoms with van der Waals surface area (Å²) in [5.74, 6) is 0.517. The Kier molecular flexibility index (Phi) is 4.74. The summed E-state index contributed by atoms with van der Waals surface area (Å²) in [6.07, 6.45) is 3.27. The topological polar surface area (TPSA) is 81.9 Å². The summed E-state index contributed by atoms with van der Waals surface area (Å²) in [7, 11) is 1.33. The van der Waals surface area contributed by atoms with Crippen LogP contribution in [-0.2, 0) is 14.3 Å². The summed E-state index contributed by atoms with van der Waals surface area (Å²) in [5, 5.41) is 0. The fourth-order valence-corrected chi connectivity index (χ4v) is 2.85. The number of benzene rings is 1. The maximum Gasteiger partial charge on any atom is 0.328 e. The van der Waals surface area contributed by atoms with Crippen LogP contribution in [0, 0.1) is 5.92 Å². The molecule has 0 unspecified atom stereocenters. The lowest BCUT2D eigenvalue weighted by molar-refractivity contribution is -0.151. The first kappa shape index (κ1) is 17.0. The van der Waals surface area contributed by atoms with Gasteiger partial charge in [0.1, 0.15) is 11.8 Å². The second kappa shape index (κ2) is 6.96. The van der Waals surface area contributed by atoms with Crippen molar-refractivity contribution in [2.45, 2.75) is 26.3 Å². The summed E-state index contributed by atoms with van der Waals surface area (Å²) >= 11 is 0. The van der Waals surface area contributed by atoms with E-state index in [1.54, 1.807) is 18.2 Å². The number of para-hydroxylation sites is 1. The van der Waals surface area contributed by atoms with Gasteiger partial charge in [-0.15, -0.1) is 0 Å². The first-order chi connectivity index (χ1) is 12.0. The predicted octanol–water partition coefficient (Wildman–Crippen LogP) is 2.52. The highest BCUT2D eigenvalue weighted by Gasteiger charge is 2.35. The molecule has 132 valence electrons. The molecule has 1 aromatic carbocycles. The molecule has 0 spiro atoms. The molecule has 0 radical (unpaired) electrons. The standard InChI is InChI=1S/C18H20N2O5/c1-11(2)7-13(18(22)23-3)20-9-12(8-16(20)21)25-15-6-4-5-14-17(15)19-10-24-14/h4-6,8,10-11,13H,7,9H2,1-3H3/t13-/m0/s1. The van der Waals surface area contributed by atoms with Crippen LogP contribution in [0.4, 0.5) is 0 Å². The Morgan fingerprint density at radius 1 is 1.40 bits per heavy atom. The molecule has 1 aromatic heterocycles. The number of esters is 1. The van der Waals surface area contributed by atoms with Gasteiger partial charge in [0.05, 0.1) is 13.7 Å². The molecular formula is C18H20N2O5. The number of methoxy groups -OCH3 is 1. The van der Waals surface area contributed by atoms with E-state index in [2.05, 4.69) is 4.98 Å². The van der Waals surface area contributed by atoms with Crippen LogP contribution < -0.4 is 4.74 Å². The Balaban J connectivity index is 1.77. The van der Waals surface area contributed by atoms with Gasteiger partial charge in [-0.1, -0.05) is 19.9 Å². The summed E-state index contributed by atoms with van der Waals surface area (Å²) < 4.78 is 15.9. The number of oxazole rings is 1. The number of carbonyl (C=O) groups is 2. The molecule has 1 atom stereocenters. The lowest BCUT2D eigenvalue weighted by atomic mass is 10.0. The van der Waals surface area contributed by atoms with E-state index >= 15 is 0 Å². The van der Waals surface area contributed by atoms with Crippen LogP contribution in [0.1, 0.15) is 20.3 Å². The van der Waals surface area contributed by atoms with Gasteiger partial charge >= 0.3 is 5.97 Å². The Morgan fingerprint density at radius 3 is 2.92 bits per heavy atom. The quantitative estimate of drug-likeness (QED) is 0.749. The number of nitrogens with zero attached hydrogens (tertiary/aromatic N) is 2. The molecule has 2 aromatic rings. The van der Waals surface area contributed by atoms with Crippen LogP contribution >= 0.6 is 0 Å². The molecule has 2 heterocycles. The molecule has 1 amide bonds. The fourth-order valence-electron chi connectivity index (χ4n) is 2.85. The van der Waals surface area contributed by atoms with Crippen molar-refractivity contribution in [3.8, 4) is 5.75 Å². The third-order valence-corrected chi connectivity index (χ3v) is 4.00. The fraction of sp³-hybridized carbons (Fsp3) is 0.389. The number of fused-ring (bicyclic) bond motifs is 1. The normalized spacial score (nSPS) is 15.6. The number of aromatic nitrogens is 1. The first-order valence-electron chi connectivity index (χ1n) is 8.08. The van der Waals surface area contributed by atoms with Gasteiger partial charge in [0.2, 0.25) is 0 Å². The highest BCUT2D eigenvalue weighted by Crippen LogP contribution is 2.28. The molecule has 1 aliphatic rings. The zero-order valence-electron chi connectivity index (χ0n) is 14.4. The van der Waals surface area contributed by atoms with Gasteiger partial charge in [0.15, 0.2) is 23.2 Å². The molecule has 25 heavy (non-hydrogen) atoms. The van der Waals surface area contributed by atoms with Crippen molar-refractivity contribution in [3.63, 3.8) is 0 Å². The molecule has 0 fully saturated rings. The number of hydrogen-bond acceptors (Lipinski definition) is 6. The molecule has 0 aliphatic carbocycles. The van der Waals surface area contributed by atoms with E-state index in [0.717, 1.165) is 0 Å². The van der Waals surface area contributed by atoms with Gasteiger partial charge in [0, 0.05) is 6.08 Å². The van der Waals surface area contributed by atoms with E-state index in [0.29, 0.717) is 29.0 Å². The number of rotatable bonds is 6. The zero-order chi connectivity index (χ0) is 18.0. The zero-order valence-corrected chi connectivity index (χ0v) is 14.4. The van der Waals surface area contributed by atoms with Crippen molar-refractivity contribution in [2.75, 3.05) is 13.7 Å². The average molecular weight is 344 g/mol. The summed E-state index contributed by atoms with van der Waals surface area (Å²) in [4.78, 5) is 30.0. The molecule has 3 rings (SSSR count). The van der Waals surface area contributed by atoms with Crippen LogP contribution in [0.25, 0.3) is 11.1 Å². The highest BCUT2D eigenvalue weighted by molar-refractivity contribution is 5.94. The van der Waals surface area contributed by atoms with E-state index in [-0.39, 0.29) is 18.4 Å². The molecule has 1 aliphatic heterocycles. The first-order valence-corrected chi connectivity index (χ1v) is 8.08. The number of carbonyl (C=O) groups excluding carboxylic acids is 2. The van der Waals surface area contributed by atoms with Crippen LogP contribution in [0.3, 0.4) is 0 Å². The second-order valence-electron chi connectivity index (χ2n) is 6.30. The van der Waals surface area contributed by atoms with E-state index < -0.39 is 12.0 Å². The highest BCUT2D eigenvalue weighted by atomic mass is 16.5. The van der Waals surface area contributed by atoms with Crippen molar-refractivity contribution in [2.24, 2.45) is 5.92 Å². The van der Waals surface area contributed by atoms with Crippen molar-refractivity contribution in [3.05, 3.63) is 36.4 Å². The minimum Gasteiger partial charge on any atom is -0.467 e. The lowest BCUT2D eigenvalue weighted by Crippen LogP contribution is -2.44. The van der Waals surface area contributed by atoms with Gasteiger partial charge in [-0.25, -0.2) is 9.78 Å². The molecular weight excluding hydrogens is 324 g/mol. The van der Waals surface area contributed by atoms with Crippen molar-refractivity contribution < 1.29 is 23.5 Å². The van der Waals surface area contributed by atoms with Gasteiger partial charge in [-0.3, -0.25) is 4.79 Å². The Morgan fingerprint density at radius 2 is 2.20 bits per heavy atom. The maximum atomic E-state index is 12.4. The Hall–Kier alpha value is -2.83. The third-order valence-electron chi connectivity index (χ3n) is 4.00. The van der Waals surface area contributed by atoms with Gasteiger partial charge in [-0.05, 0) is 24.5 Å². The lowest BCUT2D eigenvalue weighted by Gasteiger charge is -2.27. The SMILES string of the molecule is COC(=O)[C@H](CC(C)C)N1CC(Oc2cccc3ocnc23)=CC1=O. The monoisotopic (exact) mass is 344 g/mol. The van der Waals surface area contributed by atoms with Crippen molar-refractivity contribution >= 4 is 23.0 Å². The van der Waals surface area contributed by atoms with Crippen LogP contribution in [0.15, 0.2) is 40.8 Å². The van der Waals surface area contributed by atoms with Gasteiger partial charge in [0.25, 0.3) is 5.91 Å². The molecule has 0 saturated carbocycles. The van der Waals surface area contributed by atoms with Crippen LogP contribution in [0.5, 0.6) is 5.75 Å². The van der Waals surface area contributed by atoms with Crippen molar-refractivity contribution in [1.82, 2.24) is 9.88 Å². The van der Waals surface area contributed by atoms with E-state index in [9.17, 15) is 9.59 Å². The Bertz CT molecular complexity index is 824. The molecule has 0 saturated heterocycles. The smallest absolute Gasteiger partial charge is 0.328 e. The molecule has 7 nitrogen and oxygen atoms in total. The summed E-state index contributed by atoms with van der Waals surface area (Å²) in [6.45, 7) is 4.19. The largest absolute Gasteiger partial charge is 0.467 e. The summed E-state index contributed by atoms with van der Waals surface area (Å²) in [6, 6.07) is 4.70. The Labute approximate surface area is 145 Å². The number of amides is 1. The van der Waals surface area contributed by atoms with Crippen LogP contribution in [0.2, 0.25) is 0 Å². The maximum absolute atomic E-state index is 12.4. The van der Waals surface area contributed by atoms with Gasteiger partial charge in [-0.2, -0.15) is 0 Å². The minimum atomic E-state index is -0.627. The van der Waals surface area contributed by atoms with E-state index in [4.69, 9.17) is 13.9 Å². The average Bonchev–Trinajstić information content (AvgIpc) is 3.19.